The van der Waals surface area contributed by atoms with Crippen LogP contribution in [-0.4, -0.2) is 40.1 Å². The number of pyridine rings is 1. The second kappa shape index (κ2) is 5.29. The molecule has 0 radical (unpaired) electrons. The van der Waals surface area contributed by atoms with Crippen LogP contribution in [0, 0.1) is 0 Å². The minimum absolute atomic E-state index is 0.810. The van der Waals surface area contributed by atoms with Gasteiger partial charge in [0.15, 0.2) is 5.75 Å². The van der Waals surface area contributed by atoms with Gasteiger partial charge >= 0.3 is 0 Å². The maximum atomic E-state index is 5.58. The molecule has 0 aromatic carbocycles. The average Bonchev–Trinajstić information content (AvgIpc) is 3.24. The molecule has 3 aromatic heterocycles. The number of aromatic nitrogens is 4. The smallest absolute Gasteiger partial charge is 0.161 e. The Morgan fingerprint density at radius 3 is 2.82 bits per heavy atom. The zero-order valence-electron chi connectivity index (χ0n) is 12.4. The van der Waals surface area contributed by atoms with Crippen LogP contribution in [0.4, 0.5) is 5.69 Å². The van der Waals surface area contributed by atoms with E-state index in [4.69, 9.17) is 4.74 Å². The van der Waals surface area contributed by atoms with Crippen LogP contribution in [-0.2, 0) is 0 Å². The standard InChI is InChI=1S/C16H17N5O/c1-22-13-9-19-16-14(15(13)21-6-2-3-7-21)11(8-18-16)12-4-5-17-10-20-12/h4-5,8-10H,2-3,6-7H2,1H3,(H,18,19). The Morgan fingerprint density at radius 2 is 2.09 bits per heavy atom. The first-order valence-corrected chi connectivity index (χ1v) is 7.44. The molecule has 0 saturated carbocycles. The van der Waals surface area contributed by atoms with Crippen molar-refractivity contribution in [1.82, 2.24) is 19.9 Å². The van der Waals surface area contributed by atoms with E-state index in [1.54, 1.807) is 25.8 Å². The second-order valence-corrected chi connectivity index (χ2v) is 5.39. The number of hydrogen-bond donors (Lipinski definition) is 1. The molecule has 6 heteroatoms. The molecule has 4 heterocycles. The fourth-order valence-corrected chi connectivity index (χ4v) is 3.12. The van der Waals surface area contributed by atoms with E-state index in [2.05, 4.69) is 24.8 Å². The predicted octanol–water partition coefficient (Wildman–Crippen LogP) is 2.63. The van der Waals surface area contributed by atoms with Crippen molar-refractivity contribution in [2.24, 2.45) is 0 Å². The van der Waals surface area contributed by atoms with Gasteiger partial charge in [-0.3, -0.25) is 0 Å². The third-order valence-electron chi connectivity index (χ3n) is 4.14. The lowest BCUT2D eigenvalue weighted by atomic mass is 10.1. The van der Waals surface area contributed by atoms with Gasteiger partial charge in [-0.2, -0.15) is 0 Å². The maximum absolute atomic E-state index is 5.58. The minimum Gasteiger partial charge on any atom is -0.493 e. The quantitative estimate of drug-likeness (QED) is 0.804. The Balaban J connectivity index is 1.99. The molecule has 0 spiro atoms. The topological polar surface area (TPSA) is 66.9 Å². The largest absolute Gasteiger partial charge is 0.493 e. The molecule has 1 aliphatic heterocycles. The summed E-state index contributed by atoms with van der Waals surface area (Å²) in [7, 11) is 1.69. The fraction of sp³-hybridized carbons (Fsp3) is 0.312. The number of H-pyrrole nitrogens is 1. The van der Waals surface area contributed by atoms with E-state index >= 15 is 0 Å². The molecule has 3 aromatic rings. The van der Waals surface area contributed by atoms with E-state index in [9.17, 15) is 0 Å². The molecular weight excluding hydrogens is 278 g/mol. The lowest BCUT2D eigenvalue weighted by Gasteiger charge is -2.21. The highest BCUT2D eigenvalue weighted by Gasteiger charge is 2.23. The van der Waals surface area contributed by atoms with Crippen molar-refractivity contribution in [3.05, 3.63) is 31.0 Å². The normalized spacial score (nSPS) is 14.7. The summed E-state index contributed by atoms with van der Waals surface area (Å²) in [5, 5.41) is 1.07. The van der Waals surface area contributed by atoms with Crippen LogP contribution in [0.25, 0.3) is 22.3 Å². The van der Waals surface area contributed by atoms with Crippen molar-refractivity contribution in [3.8, 4) is 17.0 Å². The van der Waals surface area contributed by atoms with Crippen LogP contribution in [0.15, 0.2) is 31.0 Å². The number of rotatable bonds is 3. The first kappa shape index (κ1) is 13.1. The van der Waals surface area contributed by atoms with Crippen molar-refractivity contribution >= 4 is 16.7 Å². The molecule has 6 nitrogen and oxygen atoms in total. The van der Waals surface area contributed by atoms with Gasteiger partial charge < -0.3 is 14.6 Å². The third kappa shape index (κ3) is 1.99. The number of methoxy groups -OCH3 is 1. The number of aromatic amines is 1. The predicted molar refractivity (Wildman–Crippen MR) is 85.1 cm³/mol. The van der Waals surface area contributed by atoms with Gasteiger partial charge in [-0.1, -0.05) is 0 Å². The van der Waals surface area contributed by atoms with Gasteiger partial charge in [0.1, 0.15) is 12.0 Å². The maximum Gasteiger partial charge on any atom is 0.161 e. The molecule has 1 fully saturated rings. The van der Waals surface area contributed by atoms with E-state index < -0.39 is 0 Å². The Labute approximate surface area is 128 Å². The Morgan fingerprint density at radius 1 is 1.23 bits per heavy atom. The molecule has 0 aliphatic carbocycles. The summed E-state index contributed by atoms with van der Waals surface area (Å²) in [6.07, 6.45) is 9.48. The lowest BCUT2D eigenvalue weighted by Crippen LogP contribution is -2.19. The van der Waals surface area contributed by atoms with E-state index in [-0.39, 0.29) is 0 Å². The highest BCUT2D eigenvalue weighted by atomic mass is 16.5. The summed E-state index contributed by atoms with van der Waals surface area (Å²) in [5.74, 6) is 0.810. The highest BCUT2D eigenvalue weighted by molar-refractivity contribution is 6.04. The van der Waals surface area contributed by atoms with Gasteiger partial charge in [0.05, 0.1) is 30.1 Å². The van der Waals surface area contributed by atoms with Crippen molar-refractivity contribution in [1.29, 1.82) is 0 Å². The summed E-state index contributed by atoms with van der Waals surface area (Å²) < 4.78 is 5.58. The number of nitrogens with one attached hydrogen (secondary N) is 1. The molecule has 1 N–H and O–H groups in total. The molecule has 4 rings (SSSR count). The summed E-state index contributed by atoms with van der Waals surface area (Å²) >= 11 is 0. The molecule has 1 saturated heterocycles. The van der Waals surface area contributed by atoms with Crippen LogP contribution in [0.3, 0.4) is 0 Å². The zero-order chi connectivity index (χ0) is 14.9. The van der Waals surface area contributed by atoms with E-state index in [1.165, 1.54) is 12.8 Å². The van der Waals surface area contributed by atoms with Gasteiger partial charge in [-0.05, 0) is 18.9 Å². The second-order valence-electron chi connectivity index (χ2n) is 5.39. The minimum atomic E-state index is 0.810. The number of hydrogen-bond acceptors (Lipinski definition) is 5. The van der Waals surface area contributed by atoms with Gasteiger partial charge in [0, 0.05) is 31.0 Å². The van der Waals surface area contributed by atoms with Gasteiger partial charge in [0.2, 0.25) is 0 Å². The summed E-state index contributed by atoms with van der Waals surface area (Å²) in [4.78, 5) is 18.5. The highest BCUT2D eigenvalue weighted by Crippen LogP contribution is 2.41. The fourth-order valence-electron chi connectivity index (χ4n) is 3.12. The molecule has 0 amide bonds. The number of anilines is 1. The zero-order valence-corrected chi connectivity index (χ0v) is 12.4. The Bertz CT molecular complexity index is 793. The van der Waals surface area contributed by atoms with Crippen molar-refractivity contribution < 1.29 is 4.74 Å². The molecule has 112 valence electrons. The van der Waals surface area contributed by atoms with E-state index in [0.29, 0.717) is 0 Å². The number of nitrogens with zero attached hydrogens (tertiary/aromatic N) is 4. The van der Waals surface area contributed by atoms with Crippen LogP contribution in [0.1, 0.15) is 12.8 Å². The Hall–Kier alpha value is -2.63. The molecule has 22 heavy (non-hydrogen) atoms. The molecular formula is C16H17N5O. The van der Waals surface area contributed by atoms with Crippen molar-refractivity contribution in [2.75, 3.05) is 25.1 Å². The molecule has 0 atom stereocenters. The van der Waals surface area contributed by atoms with Gasteiger partial charge in [-0.15, -0.1) is 0 Å². The van der Waals surface area contributed by atoms with Crippen LogP contribution < -0.4 is 9.64 Å². The van der Waals surface area contributed by atoms with Crippen molar-refractivity contribution in [2.45, 2.75) is 12.8 Å². The van der Waals surface area contributed by atoms with E-state index in [1.807, 2.05) is 12.3 Å². The Kier molecular flexibility index (Phi) is 3.14. The summed E-state index contributed by atoms with van der Waals surface area (Å²) in [6.45, 7) is 2.09. The van der Waals surface area contributed by atoms with E-state index in [0.717, 1.165) is 46.8 Å². The number of fused-ring (bicyclic) bond motifs is 1. The average molecular weight is 295 g/mol. The lowest BCUT2D eigenvalue weighted by molar-refractivity contribution is 0.414. The molecule has 1 aliphatic rings. The SMILES string of the molecule is COc1cnc2[nH]cc(-c3ccncn3)c2c1N1CCCC1. The summed E-state index contributed by atoms with van der Waals surface area (Å²) in [6, 6.07) is 1.91. The number of ether oxygens (including phenoxy) is 1. The van der Waals surface area contributed by atoms with Gasteiger partial charge in [0.25, 0.3) is 0 Å². The monoisotopic (exact) mass is 295 g/mol. The van der Waals surface area contributed by atoms with Crippen molar-refractivity contribution in [3.63, 3.8) is 0 Å². The molecule has 0 bridgehead atoms. The first-order valence-electron chi connectivity index (χ1n) is 7.44. The molecule has 0 unspecified atom stereocenters. The van der Waals surface area contributed by atoms with Gasteiger partial charge in [-0.25, -0.2) is 15.0 Å². The first-order chi connectivity index (χ1) is 10.9. The van der Waals surface area contributed by atoms with Crippen LogP contribution in [0.2, 0.25) is 0 Å². The summed E-state index contributed by atoms with van der Waals surface area (Å²) in [5.41, 5.74) is 3.89. The third-order valence-corrected chi connectivity index (χ3v) is 4.14. The van der Waals surface area contributed by atoms with Crippen LogP contribution >= 0.6 is 0 Å². The van der Waals surface area contributed by atoms with Crippen LogP contribution in [0.5, 0.6) is 5.75 Å².